The van der Waals surface area contributed by atoms with Gasteiger partial charge in [0.05, 0.1) is 29.3 Å². The van der Waals surface area contributed by atoms with Gasteiger partial charge in [0, 0.05) is 35.1 Å². The number of nitrogens with one attached hydrogen (secondary N) is 1. The first kappa shape index (κ1) is 21.1. The van der Waals surface area contributed by atoms with Crippen LogP contribution in [0, 0.1) is 0 Å². The SMILES string of the molecule is CC(=O)OCCNC(=O)N(c1ccccc1N(C)C)c1ccccc1N(C)C. The van der Waals surface area contributed by atoms with Gasteiger partial charge in [0.1, 0.15) is 6.61 Å². The summed E-state index contributed by atoms with van der Waals surface area (Å²) in [6, 6.07) is 15.1. The molecule has 7 nitrogen and oxygen atoms in total. The molecule has 1 N–H and O–H groups in total. The van der Waals surface area contributed by atoms with Crippen molar-refractivity contribution >= 4 is 34.7 Å². The van der Waals surface area contributed by atoms with E-state index in [9.17, 15) is 9.59 Å². The Hall–Kier alpha value is -3.22. The molecule has 0 bridgehead atoms. The number of ether oxygens (including phenoxy) is 1. The van der Waals surface area contributed by atoms with Gasteiger partial charge in [0.2, 0.25) is 0 Å². The minimum atomic E-state index is -0.373. The lowest BCUT2D eigenvalue weighted by Crippen LogP contribution is -2.39. The van der Waals surface area contributed by atoms with Crippen LogP contribution in [-0.4, -0.2) is 53.3 Å². The number of esters is 1. The first-order valence-corrected chi connectivity index (χ1v) is 9.07. The zero-order valence-electron chi connectivity index (χ0n) is 17.1. The van der Waals surface area contributed by atoms with Gasteiger partial charge in [-0.05, 0) is 24.3 Å². The summed E-state index contributed by atoms with van der Waals surface area (Å²) in [4.78, 5) is 29.7. The molecule has 0 saturated heterocycles. The number of hydrogen-bond acceptors (Lipinski definition) is 5. The fourth-order valence-electron chi connectivity index (χ4n) is 2.84. The van der Waals surface area contributed by atoms with Crippen LogP contribution in [0.3, 0.4) is 0 Å². The van der Waals surface area contributed by atoms with Gasteiger partial charge in [-0.2, -0.15) is 0 Å². The Labute approximate surface area is 166 Å². The smallest absolute Gasteiger partial charge is 0.326 e. The highest BCUT2D eigenvalue weighted by Gasteiger charge is 2.24. The summed E-state index contributed by atoms with van der Waals surface area (Å²) in [6.07, 6.45) is 0. The molecule has 0 aliphatic heterocycles. The topological polar surface area (TPSA) is 65.1 Å². The van der Waals surface area contributed by atoms with Crippen LogP contribution in [0.2, 0.25) is 0 Å². The van der Waals surface area contributed by atoms with Crippen molar-refractivity contribution in [2.24, 2.45) is 0 Å². The summed E-state index contributed by atoms with van der Waals surface area (Å²) in [5, 5.41) is 2.84. The molecular formula is C21H28N4O3. The predicted molar refractivity (Wildman–Crippen MR) is 114 cm³/mol. The fraction of sp³-hybridized carbons (Fsp3) is 0.333. The normalized spacial score (nSPS) is 10.2. The summed E-state index contributed by atoms with van der Waals surface area (Å²) >= 11 is 0. The van der Waals surface area contributed by atoms with E-state index in [2.05, 4.69) is 5.32 Å². The van der Waals surface area contributed by atoms with E-state index in [1.165, 1.54) is 6.92 Å². The van der Waals surface area contributed by atoms with Crippen LogP contribution in [0.25, 0.3) is 0 Å². The monoisotopic (exact) mass is 384 g/mol. The number of para-hydroxylation sites is 4. The number of hydrogen-bond donors (Lipinski definition) is 1. The Balaban J connectivity index is 2.46. The number of urea groups is 1. The molecule has 2 rings (SSSR count). The predicted octanol–water partition coefficient (Wildman–Crippen LogP) is 3.23. The van der Waals surface area contributed by atoms with Crippen LogP contribution in [0.4, 0.5) is 27.5 Å². The second-order valence-corrected chi connectivity index (χ2v) is 6.67. The largest absolute Gasteiger partial charge is 0.464 e. The first-order valence-electron chi connectivity index (χ1n) is 9.07. The number of amides is 2. The maximum absolute atomic E-state index is 13.2. The van der Waals surface area contributed by atoms with E-state index in [-0.39, 0.29) is 25.2 Å². The highest BCUT2D eigenvalue weighted by molar-refractivity contribution is 6.05. The number of anilines is 4. The molecule has 0 heterocycles. The van der Waals surface area contributed by atoms with Crippen LogP contribution < -0.4 is 20.0 Å². The summed E-state index contributed by atoms with van der Waals surface area (Å²) in [6.45, 7) is 1.69. The van der Waals surface area contributed by atoms with Crippen LogP contribution in [0.5, 0.6) is 0 Å². The molecule has 0 unspecified atom stereocenters. The third kappa shape index (κ3) is 5.16. The van der Waals surface area contributed by atoms with E-state index in [1.54, 1.807) is 4.90 Å². The van der Waals surface area contributed by atoms with Crippen molar-refractivity contribution in [2.75, 3.05) is 56.0 Å². The van der Waals surface area contributed by atoms with Gasteiger partial charge < -0.3 is 19.9 Å². The highest BCUT2D eigenvalue weighted by atomic mass is 16.5. The molecule has 0 saturated carbocycles. The lowest BCUT2D eigenvalue weighted by molar-refractivity contribution is -0.140. The van der Waals surface area contributed by atoms with Gasteiger partial charge in [-0.25, -0.2) is 4.79 Å². The number of carbonyl (C=O) groups is 2. The van der Waals surface area contributed by atoms with Crippen LogP contribution in [0.15, 0.2) is 48.5 Å². The van der Waals surface area contributed by atoms with E-state index in [4.69, 9.17) is 4.74 Å². The van der Waals surface area contributed by atoms with E-state index in [1.807, 2.05) is 86.5 Å². The van der Waals surface area contributed by atoms with Gasteiger partial charge >= 0.3 is 12.0 Å². The molecule has 2 aromatic carbocycles. The maximum Gasteiger partial charge on any atom is 0.326 e. The van der Waals surface area contributed by atoms with Crippen molar-refractivity contribution in [1.82, 2.24) is 5.32 Å². The van der Waals surface area contributed by atoms with Crippen molar-refractivity contribution in [3.63, 3.8) is 0 Å². The molecule has 28 heavy (non-hydrogen) atoms. The van der Waals surface area contributed by atoms with Gasteiger partial charge in [-0.15, -0.1) is 0 Å². The highest BCUT2D eigenvalue weighted by Crippen LogP contribution is 2.38. The molecule has 150 valence electrons. The van der Waals surface area contributed by atoms with E-state index < -0.39 is 0 Å². The summed E-state index contributed by atoms with van der Waals surface area (Å²) in [7, 11) is 7.75. The molecule has 0 aliphatic carbocycles. The Kier molecular flexibility index (Phi) is 7.26. The lowest BCUT2D eigenvalue weighted by Gasteiger charge is -2.30. The van der Waals surface area contributed by atoms with Gasteiger partial charge in [0.25, 0.3) is 0 Å². The number of nitrogens with zero attached hydrogens (tertiary/aromatic N) is 3. The Morgan fingerprint density at radius 3 is 1.64 bits per heavy atom. The zero-order valence-corrected chi connectivity index (χ0v) is 17.1. The van der Waals surface area contributed by atoms with Gasteiger partial charge in [-0.3, -0.25) is 9.69 Å². The van der Waals surface area contributed by atoms with E-state index in [0.29, 0.717) is 0 Å². The van der Waals surface area contributed by atoms with Crippen molar-refractivity contribution in [1.29, 1.82) is 0 Å². The number of rotatable bonds is 7. The molecule has 0 fully saturated rings. The zero-order chi connectivity index (χ0) is 20.7. The molecule has 2 amide bonds. The Morgan fingerprint density at radius 1 is 0.821 bits per heavy atom. The van der Waals surface area contributed by atoms with Gasteiger partial charge in [0.15, 0.2) is 0 Å². The third-order valence-electron chi connectivity index (χ3n) is 4.10. The van der Waals surface area contributed by atoms with E-state index in [0.717, 1.165) is 22.7 Å². The molecule has 0 atom stereocenters. The lowest BCUT2D eigenvalue weighted by atomic mass is 10.1. The number of carbonyl (C=O) groups excluding carboxylic acids is 2. The van der Waals surface area contributed by atoms with Crippen LogP contribution in [0.1, 0.15) is 6.92 Å². The quantitative estimate of drug-likeness (QED) is 0.586. The third-order valence-corrected chi connectivity index (χ3v) is 4.10. The molecule has 0 radical (unpaired) electrons. The number of benzene rings is 2. The summed E-state index contributed by atoms with van der Waals surface area (Å²) in [5.41, 5.74) is 3.33. The van der Waals surface area contributed by atoms with Gasteiger partial charge in [-0.1, -0.05) is 24.3 Å². The molecule has 0 spiro atoms. The summed E-state index contributed by atoms with van der Waals surface area (Å²) in [5.74, 6) is -0.373. The van der Waals surface area contributed by atoms with Crippen molar-refractivity contribution in [3.05, 3.63) is 48.5 Å². The van der Waals surface area contributed by atoms with Crippen molar-refractivity contribution in [3.8, 4) is 0 Å². The average Bonchev–Trinajstić information content (AvgIpc) is 2.66. The molecular weight excluding hydrogens is 356 g/mol. The Bertz CT molecular complexity index is 769. The molecule has 0 aliphatic rings. The first-order chi connectivity index (χ1) is 13.3. The average molecular weight is 384 g/mol. The second kappa shape index (κ2) is 9.64. The molecule has 7 heteroatoms. The standard InChI is InChI=1S/C21H28N4O3/c1-16(26)28-15-14-22-21(27)25(19-12-8-6-10-17(19)23(2)3)20-13-9-7-11-18(20)24(4)5/h6-13H,14-15H2,1-5H3,(H,22,27). The van der Waals surface area contributed by atoms with Crippen molar-refractivity contribution < 1.29 is 14.3 Å². The summed E-state index contributed by atoms with van der Waals surface area (Å²) < 4.78 is 4.92. The Morgan fingerprint density at radius 2 is 1.25 bits per heavy atom. The van der Waals surface area contributed by atoms with Crippen LogP contribution in [-0.2, 0) is 9.53 Å². The van der Waals surface area contributed by atoms with E-state index >= 15 is 0 Å². The molecule has 2 aromatic rings. The molecule has 0 aromatic heterocycles. The van der Waals surface area contributed by atoms with Crippen molar-refractivity contribution in [2.45, 2.75) is 6.92 Å². The minimum absolute atomic E-state index is 0.125. The fourth-order valence-corrected chi connectivity index (χ4v) is 2.84. The second-order valence-electron chi connectivity index (χ2n) is 6.67. The van der Waals surface area contributed by atoms with Crippen LogP contribution >= 0.6 is 0 Å². The minimum Gasteiger partial charge on any atom is -0.464 e. The maximum atomic E-state index is 13.2.